The maximum absolute atomic E-state index is 6.11. The van der Waals surface area contributed by atoms with E-state index >= 15 is 0 Å². The number of hydrogen-bond donors (Lipinski definition) is 0. The van der Waals surface area contributed by atoms with Gasteiger partial charge in [-0.3, -0.25) is 4.98 Å². The summed E-state index contributed by atoms with van der Waals surface area (Å²) in [5, 5.41) is 5.26. The lowest BCUT2D eigenvalue weighted by molar-refractivity contribution is 0.249. The number of aryl methyl sites for hydroxylation is 1. The summed E-state index contributed by atoms with van der Waals surface area (Å²) in [6, 6.07) is 10.1. The van der Waals surface area contributed by atoms with E-state index < -0.39 is 0 Å². The first-order valence-electron chi connectivity index (χ1n) is 10.2. The van der Waals surface area contributed by atoms with Crippen LogP contribution in [0.15, 0.2) is 41.1 Å². The second-order valence-corrected chi connectivity index (χ2v) is 9.25. The lowest BCUT2D eigenvalue weighted by Crippen LogP contribution is -2.41. The van der Waals surface area contributed by atoms with Gasteiger partial charge in [-0.15, -0.1) is 0 Å². The molecule has 8 heteroatoms. The van der Waals surface area contributed by atoms with Crippen molar-refractivity contribution in [2.24, 2.45) is 5.41 Å². The van der Waals surface area contributed by atoms with E-state index in [2.05, 4.69) is 37.1 Å². The van der Waals surface area contributed by atoms with Gasteiger partial charge >= 0.3 is 6.01 Å². The van der Waals surface area contributed by atoms with Crippen LogP contribution in [-0.4, -0.2) is 41.3 Å². The largest absolute Gasteiger partial charge is 0.371 e. The van der Waals surface area contributed by atoms with E-state index in [9.17, 15) is 0 Å². The minimum Gasteiger partial charge on any atom is -0.371 e. The number of nitrogens with zero attached hydrogens (tertiary/aromatic N) is 5. The van der Waals surface area contributed by atoms with E-state index in [1.165, 1.54) is 5.69 Å². The molecule has 2 aliphatic rings. The highest BCUT2D eigenvalue weighted by Gasteiger charge is 2.42. The van der Waals surface area contributed by atoms with E-state index in [1.807, 2.05) is 13.1 Å². The smallest absolute Gasteiger partial charge is 0.324 e. The molecule has 0 atom stereocenters. The number of piperidine rings is 1. The molecule has 0 bridgehead atoms. The summed E-state index contributed by atoms with van der Waals surface area (Å²) in [5.74, 6) is 0.512. The van der Waals surface area contributed by atoms with Gasteiger partial charge in [0.05, 0.1) is 0 Å². The Morgan fingerprint density at radius 3 is 2.37 bits per heavy atom. The van der Waals surface area contributed by atoms with Crippen LogP contribution < -0.4 is 9.80 Å². The molecule has 0 unspecified atom stereocenters. The fourth-order valence-corrected chi connectivity index (χ4v) is 5.14. The number of anilines is 2. The summed E-state index contributed by atoms with van der Waals surface area (Å²) in [5.41, 5.74) is 3.41. The van der Waals surface area contributed by atoms with E-state index in [4.69, 9.17) is 27.7 Å². The first-order chi connectivity index (χ1) is 14.5. The average Bonchev–Trinajstić information content (AvgIpc) is 3.36. The summed E-state index contributed by atoms with van der Waals surface area (Å²) < 4.78 is 5.58. The van der Waals surface area contributed by atoms with Crippen LogP contribution in [-0.2, 0) is 0 Å². The Labute approximate surface area is 185 Å². The Hall–Kier alpha value is -2.31. The molecule has 3 aromatic rings. The quantitative estimate of drug-likeness (QED) is 0.551. The zero-order valence-corrected chi connectivity index (χ0v) is 18.3. The van der Waals surface area contributed by atoms with Crippen LogP contribution in [0.1, 0.15) is 25.0 Å². The zero-order valence-electron chi connectivity index (χ0n) is 16.8. The molecule has 0 saturated carbocycles. The molecule has 30 heavy (non-hydrogen) atoms. The van der Waals surface area contributed by atoms with Crippen molar-refractivity contribution in [3.8, 4) is 11.4 Å². The van der Waals surface area contributed by atoms with Crippen molar-refractivity contribution < 1.29 is 4.52 Å². The second-order valence-electron chi connectivity index (χ2n) is 8.37. The van der Waals surface area contributed by atoms with Crippen molar-refractivity contribution in [2.45, 2.75) is 26.2 Å². The van der Waals surface area contributed by atoms with Crippen molar-refractivity contribution in [3.05, 3.63) is 52.3 Å². The lowest BCUT2D eigenvalue weighted by Gasteiger charge is -2.40. The highest BCUT2D eigenvalue weighted by atomic mass is 35.5. The molecule has 1 spiro atoms. The molecule has 2 aliphatic heterocycles. The van der Waals surface area contributed by atoms with Crippen molar-refractivity contribution >= 4 is 34.9 Å². The number of halogens is 2. The normalized spacial score (nSPS) is 18.4. The minimum absolute atomic E-state index is 0.312. The van der Waals surface area contributed by atoms with Gasteiger partial charge in [0.25, 0.3) is 0 Å². The summed E-state index contributed by atoms with van der Waals surface area (Å²) in [7, 11) is 0. The van der Waals surface area contributed by atoms with Gasteiger partial charge < -0.3 is 14.3 Å². The highest BCUT2D eigenvalue weighted by molar-refractivity contribution is 6.35. The molecule has 156 valence electrons. The summed E-state index contributed by atoms with van der Waals surface area (Å²) >= 11 is 12.2. The molecule has 0 radical (unpaired) electrons. The molecular weight excluding hydrogens is 421 g/mol. The Kier molecular flexibility index (Phi) is 5.07. The third-order valence-electron chi connectivity index (χ3n) is 6.31. The van der Waals surface area contributed by atoms with Gasteiger partial charge in [-0.2, -0.15) is 4.98 Å². The van der Waals surface area contributed by atoms with Crippen LogP contribution in [0, 0.1) is 12.3 Å². The fraction of sp³-hybridized carbons (Fsp3) is 0.409. The molecule has 2 fully saturated rings. The first kappa shape index (κ1) is 19.6. The Balaban J connectivity index is 1.26. The standard InChI is InChI=1S/C22H23Cl2N5O/c1-15-10-19(2-6-25-15)28-7-3-22(4-8-28)5-9-29(14-22)21-26-20(27-30-21)16-11-17(23)13-18(24)12-16/h2,6,10-13H,3-5,7-9,14H2,1H3. The highest BCUT2D eigenvalue weighted by Crippen LogP contribution is 2.42. The number of pyridine rings is 1. The predicted octanol–water partition coefficient (Wildman–Crippen LogP) is 5.24. The monoisotopic (exact) mass is 443 g/mol. The molecule has 6 nitrogen and oxygen atoms in total. The van der Waals surface area contributed by atoms with Gasteiger partial charge in [-0.05, 0) is 61.9 Å². The van der Waals surface area contributed by atoms with Crippen LogP contribution in [0.3, 0.4) is 0 Å². The van der Waals surface area contributed by atoms with Gasteiger partial charge in [0.1, 0.15) is 0 Å². The first-order valence-corrected chi connectivity index (χ1v) is 11.0. The maximum atomic E-state index is 6.11. The summed E-state index contributed by atoms with van der Waals surface area (Å²) in [6.07, 6.45) is 5.37. The SMILES string of the molecule is Cc1cc(N2CCC3(CC2)CCN(c2nc(-c4cc(Cl)cc(Cl)c4)no2)C3)ccn1. The van der Waals surface area contributed by atoms with Crippen molar-refractivity contribution in [3.63, 3.8) is 0 Å². The number of rotatable bonds is 3. The zero-order chi connectivity index (χ0) is 20.7. The van der Waals surface area contributed by atoms with Crippen LogP contribution in [0.5, 0.6) is 0 Å². The van der Waals surface area contributed by atoms with Crippen LogP contribution in [0.4, 0.5) is 11.7 Å². The van der Waals surface area contributed by atoms with Crippen LogP contribution >= 0.6 is 23.2 Å². The fourth-order valence-electron chi connectivity index (χ4n) is 4.62. The van der Waals surface area contributed by atoms with Crippen molar-refractivity contribution in [1.82, 2.24) is 15.1 Å². The van der Waals surface area contributed by atoms with E-state index in [0.29, 0.717) is 27.3 Å². The third kappa shape index (κ3) is 3.86. The number of hydrogen-bond acceptors (Lipinski definition) is 6. The average molecular weight is 444 g/mol. The molecule has 4 heterocycles. The molecule has 5 rings (SSSR count). The maximum Gasteiger partial charge on any atom is 0.324 e. The van der Waals surface area contributed by atoms with Gasteiger partial charge in [0, 0.05) is 59.4 Å². The van der Waals surface area contributed by atoms with Gasteiger partial charge in [0.2, 0.25) is 5.82 Å². The van der Waals surface area contributed by atoms with Crippen molar-refractivity contribution in [1.29, 1.82) is 0 Å². The van der Waals surface area contributed by atoms with Gasteiger partial charge in [-0.25, -0.2) is 0 Å². The van der Waals surface area contributed by atoms with E-state index in [0.717, 1.165) is 56.7 Å². The number of aromatic nitrogens is 3. The Morgan fingerprint density at radius 2 is 1.67 bits per heavy atom. The Bertz CT molecular complexity index is 1040. The number of benzene rings is 1. The topological polar surface area (TPSA) is 58.3 Å². The predicted molar refractivity (Wildman–Crippen MR) is 119 cm³/mol. The van der Waals surface area contributed by atoms with E-state index in [-0.39, 0.29) is 0 Å². The second kappa shape index (κ2) is 7.75. The lowest BCUT2D eigenvalue weighted by atomic mass is 9.77. The molecule has 1 aromatic carbocycles. The summed E-state index contributed by atoms with van der Waals surface area (Å²) in [4.78, 5) is 13.6. The van der Waals surface area contributed by atoms with Crippen molar-refractivity contribution in [2.75, 3.05) is 36.0 Å². The molecule has 0 N–H and O–H groups in total. The van der Waals surface area contributed by atoms with Crippen LogP contribution in [0.2, 0.25) is 10.0 Å². The molecule has 0 amide bonds. The van der Waals surface area contributed by atoms with E-state index in [1.54, 1.807) is 18.2 Å². The molecular formula is C22H23Cl2N5O. The van der Waals surface area contributed by atoms with Gasteiger partial charge in [0.15, 0.2) is 0 Å². The van der Waals surface area contributed by atoms with Gasteiger partial charge in [-0.1, -0.05) is 28.4 Å². The van der Waals surface area contributed by atoms with Crippen LogP contribution in [0.25, 0.3) is 11.4 Å². The third-order valence-corrected chi connectivity index (χ3v) is 6.75. The molecule has 2 saturated heterocycles. The molecule has 2 aromatic heterocycles. The molecule has 0 aliphatic carbocycles. The Morgan fingerprint density at radius 1 is 0.967 bits per heavy atom. The summed E-state index contributed by atoms with van der Waals surface area (Å²) in [6.45, 7) is 6.06. The minimum atomic E-state index is 0.312.